The summed E-state index contributed by atoms with van der Waals surface area (Å²) >= 11 is 0. The minimum absolute atomic E-state index is 0.193. The lowest BCUT2D eigenvalue weighted by molar-refractivity contribution is 0.0778. The van der Waals surface area contributed by atoms with Crippen LogP contribution >= 0.6 is 0 Å². The van der Waals surface area contributed by atoms with Crippen LogP contribution in [0.1, 0.15) is 16.1 Å². The molecule has 0 saturated carbocycles. The van der Waals surface area contributed by atoms with Crippen LogP contribution in [0.25, 0.3) is 0 Å². The van der Waals surface area contributed by atoms with Crippen LogP contribution in [-0.4, -0.2) is 42.3 Å². The molecule has 0 aliphatic carbocycles. The van der Waals surface area contributed by atoms with Crippen molar-refractivity contribution in [2.24, 2.45) is 0 Å². The number of aromatic nitrogens is 2. The molecule has 0 saturated heterocycles. The van der Waals surface area contributed by atoms with Gasteiger partial charge in [0.25, 0.3) is 5.91 Å². The molecule has 1 amide bonds. The second-order valence-electron chi connectivity index (χ2n) is 6.14. The number of carbonyl (C=O) groups is 1. The van der Waals surface area contributed by atoms with E-state index >= 15 is 0 Å². The van der Waals surface area contributed by atoms with E-state index < -0.39 is 0 Å². The van der Waals surface area contributed by atoms with E-state index in [0.29, 0.717) is 29.5 Å². The highest BCUT2D eigenvalue weighted by Gasteiger charge is 2.14. The molecule has 7 heteroatoms. The summed E-state index contributed by atoms with van der Waals surface area (Å²) in [5.74, 6) is 1.63. The van der Waals surface area contributed by atoms with Gasteiger partial charge in [0.05, 0.1) is 19.9 Å². The van der Waals surface area contributed by atoms with Gasteiger partial charge < -0.3 is 19.7 Å². The lowest BCUT2D eigenvalue weighted by atomic mass is 10.2. The fourth-order valence-corrected chi connectivity index (χ4v) is 2.69. The van der Waals surface area contributed by atoms with Gasteiger partial charge in [-0.1, -0.05) is 30.3 Å². The van der Waals surface area contributed by atoms with Gasteiger partial charge in [-0.05, 0) is 29.8 Å². The standard InChI is InChI=1S/C21H22N4O3/c1-25(14-15-7-5-4-6-8-15)21(26)17-10-12-20(24-23-17)22-18-13-16(27-2)9-11-19(18)28-3/h4-13H,14H2,1-3H3,(H,22,24). The molecule has 0 spiro atoms. The number of amides is 1. The summed E-state index contributed by atoms with van der Waals surface area (Å²) in [6, 6.07) is 18.5. The minimum atomic E-state index is -0.193. The number of rotatable bonds is 7. The molecule has 0 aliphatic heterocycles. The molecular weight excluding hydrogens is 356 g/mol. The highest BCUT2D eigenvalue weighted by atomic mass is 16.5. The van der Waals surface area contributed by atoms with Crippen molar-refractivity contribution >= 4 is 17.4 Å². The first-order valence-electron chi connectivity index (χ1n) is 8.73. The third-order valence-electron chi connectivity index (χ3n) is 4.16. The Hall–Kier alpha value is -3.61. The number of nitrogens with zero attached hydrogens (tertiary/aromatic N) is 3. The first-order chi connectivity index (χ1) is 13.6. The number of hydrogen-bond donors (Lipinski definition) is 1. The first-order valence-corrected chi connectivity index (χ1v) is 8.73. The van der Waals surface area contributed by atoms with Gasteiger partial charge in [-0.2, -0.15) is 0 Å². The Labute approximate surface area is 163 Å². The zero-order valence-corrected chi connectivity index (χ0v) is 16.0. The predicted octanol–water partition coefficient (Wildman–Crippen LogP) is 3.51. The lowest BCUT2D eigenvalue weighted by Crippen LogP contribution is -2.27. The molecule has 0 atom stereocenters. The molecule has 144 valence electrons. The molecule has 1 aromatic heterocycles. The fourth-order valence-electron chi connectivity index (χ4n) is 2.69. The second-order valence-corrected chi connectivity index (χ2v) is 6.14. The zero-order valence-electron chi connectivity index (χ0n) is 16.0. The van der Waals surface area contributed by atoms with Crippen molar-refractivity contribution in [2.45, 2.75) is 6.54 Å². The number of carbonyl (C=O) groups excluding carboxylic acids is 1. The van der Waals surface area contributed by atoms with Gasteiger partial charge in [0.1, 0.15) is 11.5 Å². The monoisotopic (exact) mass is 378 g/mol. The maximum Gasteiger partial charge on any atom is 0.274 e. The summed E-state index contributed by atoms with van der Waals surface area (Å²) in [4.78, 5) is 14.2. The molecule has 28 heavy (non-hydrogen) atoms. The Morgan fingerprint density at radius 3 is 2.43 bits per heavy atom. The van der Waals surface area contributed by atoms with Gasteiger partial charge in [-0.15, -0.1) is 10.2 Å². The summed E-state index contributed by atoms with van der Waals surface area (Å²) in [7, 11) is 4.92. The second kappa shape index (κ2) is 8.85. The molecule has 3 rings (SSSR count). The van der Waals surface area contributed by atoms with Gasteiger partial charge in [-0.25, -0.2) is 0 Å². The van der Waals surface area contributed by atoms with Crippen molar-refractivity contribution < 1.29 is 14.3 Å². The Morgan fingerprint density at radius 2 is 1.79 bits per heavy atom. The van der Waals surface area contributed by atoms with Gasteiger partial charge in [0.15, 0.2) is 11.5 Å². The molecule has 7 nitrogen and oxygen atoms in total. The van der Waals surface area contributed by atoms with Crippen molar-refractivity contribution in [3.63, 3.8) is 0 Å². The van der Waals surface area contributed by atoms with Crippen LogP contribution in [0.4, 0.5) is 11.5 Å². The van der Waals surface area contributed by atoms with Crippen LogP contribution in [0.3, 0.4) is 0 Å². The van der Waals surface area contributed by atoms with Crippen molar-refractivity contribution in [1.29, 1.82) is 0 Å². The van der Waals surface area contributed by atoms with Crippen LogP contribution in [0.15, 0.2) is 60.7 Å². The average molecular weight is 378 g/mol. The molecular formula is C21H22N4O3. The normalized spacial score (nSPS) is 10.2. The van der Waals surface area contributed by atoms with E-state index in [0.717, 1.165) is 5.56 Å². The van der Waals surface area contributed by atoms with Crippen LogP contribution in [0.5, 0.6) is 11.5 Å². The Balaban J connectivity index is 1.70. The topological polar surface area (TPSA) is 76.6 Å². The fraction of sp³-hybridized carbons (Fsp3) is 0.190. The minimum Gasteiger partial charge on any atom is -0.497 e. The molecule has 0 radical (unpaired) electrons. The van der Waals surface area contributed by atoms with Crippen LogP contribution in [0, 0.1) is 0 Å². The summed E-state index contributed by atoms with van der Waals surface area (Å²) in [6.07, 6.45) is 0. The first kappa shape index (κ1) is 19.2. The number of ether oxygens (including phenoxy) is 2. The summed E-state index contributed by atoms with van der Waals surface area (Å²) in [6.45, 7) is 0.502. The SMILES string of the molecule is COc1ccc(OC)c(Nc2ccc(C(=O)N(C)Cc3ccccc3)nn2)c1. The van der Waals surface area contributed by atoms with Crippen molar-refractivity contribution in [3.8, 4) is 11.5 Å². The number of hydrogen-bond acceptors (Lipinski definition) is 6. The van der Waals surface area contributed by atoms with Crippen LogP contribution in [0.2, 0.25) is 0 Å². The van der Waals surface area contributed by atoms with E-state index in [1.807, 2.05) is 30.3 Å². The van der Waals surface area contributed by atoms with E-state index in [4.69, 9.17) is 9.47 Å². The van der Waals surface area contributed by atoms with Gasteiger partial charge in [0.2, 0.25) is 0 Å². The van der Waals surface area contributed by atoms with Gasteiger partial charge >= 0.3 is 0 Å². The molecule has 3 aromatic rings. The largest absolute Gasteiger partial charge is 0.497 e. The van der Waals surface area contributed by atoms with E-state index in [2.05, 4.69) is 15.5 Å². The number of anilines is 2. The molecule has 1 heterocycles. The quantitative estimate of drug-likeness (QED) is 0.678. The number of methoxy groups -OCH3 is 2. The number of benzene rings is 2. The zero-order chi connectivity index (χ0) is 19.9. The summed E-state index contributed by atoms with van der Waals surface area (Å²) < 4.78 is 10.6. The van der Waals surface area contributed by atoms with Crippen LogP contribution in [-0.2, 0) is 6.54 Å². The summed E-state index contributed by atoms with van der Waals surface area (Å²) in [5.41, 5.74) is 2.02. The maximum atomic E-state index is 12.6. The summed E-state index contributed by atoms with van der Waals surface area (Å²) in [5, 5.41) is 11.3. The Bertz CT molecular complexity index is 930. The van der Waals surface area contributed by atoms with Crippen LogP contribution < -0.4 is 14.8 Å². The highest BCUT2D eigenvalue weighted by Crippen LogP contribution is 2.30. The molecule has 1 N–H and O–H groups in total. The van der Waals surface area contributed by atoms with E-state index in [1.165, 1.54) is 0 Å². The number of nitrogens with one attached hydrogen (secondary N) is 1. The smallest absolute Gasteiger partial charge is 0.274 e. The third-order valence-corrected chi connectivity index (χ3v) is 4.16. The van der Waals surface area contributed by atoms with Crippen molar-refractivity contribution in [2.75, 3.05) is 26.6 Å². The molecule has 0 bridgehead atoms. The highest BCUT2D eigenvalue weighted by molar-refractivity contribution is 5.92. The van der Waals surface area contributed by atoms with Crippen molar-refractivity contribution in [1.82, 2.24) is 15.1 Å². The van der Waals surface area contributed by atoms with Gasteiger partial charge in [0, 0.05) is 19.7 Å². The van der Waals surface area contributed by atoms with Gasteiger partial charge in [-0.3, -0.25) is 4.79 Å². The predicted molar refractivity (Wildman–Crippen MR) is 107 cm³/mol. The third kappa shape index (κ3) is 4.56. The Kier molecular flexibility index (Phi) is 6.06. The maximum absolute atomic E-state index is 12.6. The van der Waals surface area contributed by atoms with E-state index in [-0.39, 0.29) is 11.6 Å². The van der Waals surface area contributed by atoms with E-state index in [1.54, 1.807) is 56.5 Å². The molecule has 0 fully saturated rings. The lowest BCUT2D eigenvalue weighted by Gasteiger charge is -2.16. The Morgan fingerprint density at radius 1 is 1.00 bits per heavy atom. The van der Waals surface area contributed by atoms with Crippen molar-refractivity contribution in [3.05, 3.63) is 71.9 Å². The molecule has 2 aromatic carbocycles. The molecule has 0 unspecified atom stereocenters. The van der Waals surface area contributed by atoms with E-state index in [9.17, 15) is 4.79 Å². The molecule has 0 aliphatic rings. The average Bonchev–Trinajstić information content (AvgIpc) is 2.74.